The van der Waals surface area contributed by atoms with E-state index in [1.54, 1.807) is 24.3 Å². The zero-order valence-electron chi connectivity index (χ0n) is 11.5. The molecule has 0 aliphatic rings. The summed E-state index contributed by atoms with van der Waals surface area (Å²) in [4.78, 5) is 23.4. The predicted molar refractivity (Wildman–Crippen MR) is 78.0 cm³/mol. The molecule has 0 atom stereocenters. The van der Waals surface area contributed by atoms with Crippen LogP contribution in [0.4, 0.5) is 0 Å². The second-order valence-corrected chi connectivity index (χ2v) is 4.31. The number of carbonyl (C=O) groups excluding carboxylic acids is 2. The molecule has 0 unspecified atom stereocenters. The fourth-order valence-corrected chi connectivity index (χ4v) is 1.66. The SMILES string of the molecule is Cc1ccccc1C(=O)NCC(=O)N/N=C/c1ccco1. The number of aryl methyl sites for hydroxylation is 1. The number of hydrogen-bond donors (Lipinski definition) is 2. The average Bonchev–Trinajstić information content (AvgIpc) is 2.98. The van der Waals surface area contributed by atoms with Crippen LogP contribution in [0.5, 0.6) is 0 Å². The van der Waals surface area contributed by atoms with Crippen molar-refractivity contribution in [3.63, 3.8) is 0 Å². The summed E-state index contributed by atoms with van der Waals surface area (Å²) in [6.45, 7) is 1.69. The van der Waals surface area contributed by atoms with Crippen molar-refractivity contribution in [1.29, 1.82) is 0 Å². The molecule has 21 heavy (non-hydrogen) atoms. The summed E-state index contributed by atoms with van der Waals surface area (Å²) in [6, 6.07) is 10.6. The average molecular weight is 285 g/mol. The van der Waals surface area contributed by atoms with Gasteiger partial charge in [0, 0.05) is 5.56 Å². The van der Waals surface area contributed by atoms with E-state index in [0.29, 0.717) is 11.3 Å². The van der Waals surface area contributed by atoms with E-state index in [4.69, 9.17) is 4.42 Å². The smallest absolute Gasteiger partial charge is 0.259 e. The molecule has 2 aromatic rings. The van der Waals surface area contributed by atoms with Gasteiger partial charge in [-0.25, -0.2) is 5.43 Å². The topological polar surface area (TPSA) is 83.7 Å². The highest BCUT2D eigenvalue weighted by Crippen LogP contribution is 2.05. The molecule has 0 aliphatic carbocycles. The number of amides is 2. The Balaban J connectivity index is 1.79. The van der Waals surface area contributed by atoms with E-state index in [0.717, 1.165) is 5.56 Å². The van der Waals surface area contributed by atoms with Crippen LogP contribution >= 0.6 is 0 Å². The summed E-state index contributed by atoms with van der Waals surface area (Å²) in [5, 5.41) is 6.25. The maximum Gasteiger partial charge on any atom is 0.259 e. The second-order valence-electron chi connectivity index (χ2n) is 4.31. The summed E-state index contributed by atoms with van der Waals surface area (Å²) in [6.07, 6.45) is 2.88. The summed E-state index contributed by atoms with van der Waals surface area (Å²) in [7, 11) is 0. The van der Waals surface area contributed by atoms with E-state index in [1.165, 1.54) is 12.5 Å². The first-order valence-corrected chi connectivity index (χ1v) is 6.36. The molecule has 0 bridgehead atoms. The van der Waals surface area contributed by atoms with E-state index in [2.05, 4.69) is 15.8 Å². The van der Waals surface area contributed by atoms with Crippen molar-refractivity contribution < 1.29 is 14.0 Å². The molecule has 6 nitrogen and oxygen atoms in total. The van der Waals surface area contributed by atoms with Crippen LogP contribution in [0.1, 0.15) is 21.7 Å². The lowest BCUT2D eigenvalue weighted by atomic mass is 10.1. The number of hydrogen-bond acceptors (Lipinski definition) is 4. The van der Waals surface area contributed by atoms with Gasteiger partial charge in [-0.3, -0.25) is 9.59 Å². The van der Waals surface area contributed by atoms with Gasteiger partial charge in [0.15, 0.2) is 0 Å². The Bertz CT molecular complexity index is 648. The van der Waals surface area contributed by atoms with Crippen molar-refractivity contribution in [3.8, 4) is 0 Å². The third-order valence-electron chi connectivity index (χ3n) is 2.72. The molecule has 2 N–H and O–H groups in total. The normalized spacial score (nSPS) is 10.5. The lowest BCUT2D eigenvalue weighted by Crippen LogP contribution is -2.35. The minimum atomic E-state index is -0.417. The van der Waals surface area contributed by atoms with Gasteiger partial charge in [-0.2, -0.15) is 5.10 Å². The number of hydrazone groups is 1. The molecule has 1 aromatic heterocycles. The van der Waals surface area contributed by atoms with Crippen molar-refractivity contribution in [2.75, 3.05) is 6.54 Å². The van der Waals surface area contributed by atoms with E-state index in [1.807, 2.05) is 19.1 Å². The Labute approximate surface area is 121 Å². The van der Waals surface area contributed by atoms with E-state index < -0.39 is 5.91 Å². The third-order valence-corrected chi connectivity index (χ3v) is 2.72. The molecule has 108 valence electrons. The van der Waals surface area contributed by atoms with E-state index in [-0.39, 0.29) is 12.5 Å². The monoisotopic (exact) mass is 285 g/mol. The van der Waals surface area contributed by atoms with Crippen LogP contribution in [-0.4, -0.2) is 24.6 Å². The number of nitrogens with one attached hydrogen (secondary N) is 2. The van der Waals surface area contributed by atoms with Crippen molar-refractivity contribution in [3.05, 3.63) is 59.5 Å². The predicted octanol–water partition coefficient (Wildman–Crippen LogP) is 1.47. The maximum atomic E-state index is 11.9. The summed E-state index contributed by atoms with van der Waals surface area (Å²) in [5.41, 5.74) is 3.70. The molecule has 6 heteroatoms. The molecule has 2 amide bonds. The largest absolute Gasteiger partial charge is 0.463 e. The number of nitrogens with zero attached hydrogens (tertiary/aromatic N) is 1. The fourth-order valence-electron chi connectivity index (χ4n) is 1.66. The van der Waals surface area contributed by atoms with Crippen LogP contribution < -0.4 is 10.7 Å². The summed E-state index contributed by atoms with van der Waals surface area (Å²) in [5.74, 6) is -0.183. The van der Waals surface area contributed by atoms with Crippen LogP contribution in [0.3, 0.4) is 0 Å². The first kappa shape index (κ1) is 14.5. The minimum Gasteiger partial charge on any atom is -0.463 e. The van der Waals surface area contributed by atoms with Gasteiger partial charge in [-0.1, -0.05) is 18.2 Å². The van der Waals surface area contributed by atoms with E-state index >= 15 is 0 Å². The van der Waals surface area contributed by atoms with Gasteiger partial charge in [0.25, 0.3) is 11.8 Å². The highest BCUT2D eigenvalue weighted by atomic mass is 16.3. The van der Waals surface area contributed by atoms with Gasteiger partial charge in [-0.05, 0) is 30.7 Å². The number of furan rings is 1. The highest BCUT2D eigenvalue weighted by Gasteiger charge is 2.09. The first-order chi connectivity index (χ1) is 10.2. The molecule has 1 aromatic carbocycles. The van der Waals surface area contributed by atoms with Crippen LogP contribution in [0, 0.1) is 6.92 Å². The van der Waals surface area contributed by atoms with Crippen molar-refractivity contribution >= 4 is 18.0 Å². The molecule has 0 fully saturated rings. The molecule has 0 saturated carbocycles. The quantitative estimate of drug-likeness (QED) is 0.644. The van der Waals surface area contributed by atoms with E-state index in [9.17, 15) is 9.59 Å². The van der Waals surface area contributed by atoms with Gasteiger partial charge in [0.05, 0.1) is 19.0 Å². The Kier molecular flexibility index (Phi) is 4.87. The number of rotatable bonds is 5. The highest BCUT2D eigenvalue weighted by molar-refractivity contribution is 5.97. The third kappa shape index (κ3) is 4.31. The van der Waals surface area contributed by atoms with Gasteiger partial charge >= 0.3 is 0 Å². The zero-order valence-corrected chi connectivity index (χ0v) is 11.5. The number of carbonyl (C=O) groups is 2. The molecular formula is C15H15N3O3. The van der Waals surface area contributed by atoms with Crippen molar-refractivity contribution in [2.45, 2.75) is 6.92 Å². The molecule has 0 aliphatic heterocycles. The zero-order chi connectivity index (χ0) is 15.1. The standard InChI is InChI=1S/C15H15N3O3/c1-11-5-2-3-7-13(11)15(20)16-10-14(19)18-17-9-12-6-4-8-21-12/h2-9H,10H2,1H3,(H,16,20)(H,18,19)/b17-9+. The van der Waals surface area contributed by atoms with Crippen LogP contribution in [-0.2, 0) is 4.79 Å². The summed E-state index contributed by atoms with van der Waals surface area (Å²) >= 11 is 0. The van der Waals surface area contributed by atoms with Crippen LogP contribution in [0.2, 0.25) is 0 Å². The van der Waals surface area contributed by atoms with Gasteiger partial charge in [0.2, 0.25) is 0 Å². The van der Waals surface area contributed by atoms with Crippen molar-refractivity contribution in [2.24, 2.45) is 5.10 Å². The Hall–Kier alpha value is -2.89. The van der Waals surface area contributed by atoms with Crippen molar-refractivity contribution in [1.82, 2.24) is 10.7 Å². The minimum absolute atomic E-state index is 0.150. The van der Waals surface area contributed by atoms with Crippen LogP contribution in [0.15, 0.2) is 52.2 Å². The molecule has 0 saturated heterocycles. The Morgan fingerprint density at radius 1 is 1.24 bits per heavy atom. The van der Waals surface area contributed by atoms with Gasteiger partial charge < -0.3 is 9.73 Å². The summed E-state index contributed by atoms with van der Waals surface area (Å²) < 4.78 is 5.01. The molecule has 2 rings (SSSR count). The Morgan fingerprint density at radius 2 is 2.05 bits per heavy atom. The van der Waals surface area contributed by atoms with Crippen LogP contribution in [0.25, 0.3) is 0 Å². The first-order valence-electron chi connectivity index (χ1n) is 6.36. The maximum absolute atomic E-state index is 11.9. The number of benzene rings is 1. The fraction of sp³-hybridized carbons (Fsp3) is 0.133. The second kappa shape index (κ2) is 7.04. The molecule has 0 radical (unpaired) electrons. The lowest BCUT2D eigenvalue weighted by molar-refractivity contribution is -0.120. The lowest BCUT2D eigenvalue weighted by Gasteiger charge is -2.06. The molecular weight excluding hydrogens is 270 g/mol. The molecule has 1 heterocycles. The van der Waals surface area contributed by atoms with Gasteiger partial charge in [-0.15, -0.1) is 0 Å². The molecule has 0 spiro atoms. The Morgan fingerprint density at radius 3 is 2.76 bits per heavy atom. The van der Waals surface area contributed by atoms with Gasteiger partial charge in [0.1, 0.15) is 5.76 Å².